The van der Waals surface area contributed by atoms with Gasteiger partial charge in [-0.1, -0.05) is 35.7 Å². The topological polar surface area (TPSA) is 29.1 Å². The highest BCUT2D eigenvalue weighted by molar-refractivity contribution is 9.09. The Morgan fingerprint density at radius 1 is 1.26 bits per heavy atom. The summed E-state index contributed by atoms with van der Waals surface area (Å²) in [6, 6.07) is 0. The van der Waals surface area contributed by atoms with Crippen molar-refractivity contribution in [1.29, 1.82) is 0 Å². The highest BCUT2D eigenvalue weighted by Crippen LogP contribution is 2.41. The minimum atomic E-state index is -4.29. The fourth-order valence-electron chi connectivity index (χ4n) is 2.35. The smallest absolute Gasteiger partial charge is 0.350 e. The second kappa shape index (κ2) is 6.02. The molecule has 6 heteroatoms. The first-order valence-corrected chi connectivity index (χ1v) is 7.50. The van der Waals surface area contributed by atoms with Crippen LogP contribution in [0.15, 0.2) is 0 Å². The van der Waals surface area contributed by atoms with Gasteiger partial charge in [0.2, 0.25) is 5.91 Å². The number of halogens is 4. The van der Waals surface area contributed by atoms with Crippen LogP contribution >= 0.6 is 15.9 Å². The zero-order chi connectivity index (χ0) is 14.8. The number of nitrogens with one attached hydrogen (secondary N) is 1. The fourth-order valence-corrected chi connectivity index (χ4v) is 2.46. The Morgan fingerprint density at radius 2 is 1.79 bits per heavy atom. The summed E-state index contributed by atoms with van der Waals surface area (Å²) in [5, 5.41) is 2.74. The first kappa shape index (κ1) is 16.8. The van der Waals surface area contributed by atoms with E-state index < -0.39 is 29.5 Å². The zero-order valence-electron chi connectivity index (χ0n) is 11.5. The Bertz CT molecular complexity index is 328. The van der Waals surface area contributed by atoms with E-state index >= 15 is 0 Å². The number of carbonyl (C=O) groups excluding carboxylic acids is 1. The Hall–Kier alpha value is -0.260. The van der Waals surface area contributed by atoms with E-state index in [2.05, 4.69) is 21.2 Å². The summed E-state index contributed by atoms with van der Waals surface area (Å²) in [6.07, 6.45) is -2.66. The summed E-state index contributed by atoms with van der Waals surface area (Å²) in [5.74, 6) is -2.92. The molecule has 1 rings (SSSR count). The third kappa shape index (κ3) is 4.36. The predicted octanol–water partition coefficient (Wildman–Crippen LogP) is 4.03. The molecule has 1 fully saturated rings. The Kier molecular flexibility index (Phi) is 5.32. The van der Waals surface area contributed by atoms with Crippen LogP contribution in [0.3, 0.4) is 0 Å². The van der Waals surface area contributed by atoms with Crippen molar-refractivity contribution in [3.8, 4) is 0 Å². The van der Waals surface area contributed by atoms with E-state index in [0.29, 0.717) is 19.3 Å². The van der Waals surface area contributed by atoms with Gasteiger partial charge in [-0.15, -0.1) is 0 Å². The number of alkyl halides is 4. The van der Waals surface area contributed by atoms with Crippen molar-refractivity contribution in [2.75, 3.05) is 0 Å². The fraction of sp³-hybridized carbons (Fsp3) is 0.923. The predicted molar refractivity (Wildman–Crippen MR) is 72.1 cm³/mol. The molecule has 0 saturated heterocycles. The largest absolute Gasteiger partial charge is 0.392 e. The molecule has 2 nitrogen and oxygen atoms in total. The van der Waals surface area contributed by atoms with Gasteiger partial charge in [-0.2, -0.15) is 13.2 Å². The lowest BCUT2D eigenvalue weighted by Crippen LogP contribution is -2.53. The SMILES string of the molecule is CC(Br)C(C)(C)NC(=O)C1CCCCC1C(F)(F)F. The molecule has 0 spiro atoms. The monoisotopic (exact) mass is 343 g/mol. The molecule has 0 aromatic rings. The molecule has 1 saturated carbocycles. The second-order valence-electron chi connectivity index (χ2n) is 5.87. The second-order valence-corrected chi connectivity index (χ2v) is 7.24. The molecular weight excluding hydrogens is 323 g/mol. The number of amides is 1. The van der Waals surface area contributed by atoms with Crippen LogP contribution in [0.2, 0.25) is 0 Å². The minimum absolute atomic E-state index is 0.0168. The van der Waals surface area contributed by atoms with Crippen molar-refractivity contribution in [1.82, 2.24) is 5.32 Å². The van der Waals surface area contributed by atoms with Crippen LogP contribution in [-0.4, -0.2) is 22.4 Å². The molecule has 1 N–H and O–H groups in total. The number of rotatable bonds is 3. The van der Waals surface area contributed by atoms with E-state index in [1.807, 2.05) is 6.92 Å². The first-order chi connectivity index (χ1) is 8.55. The van der Waals surface area contributed by atoms with Gasteiger partial charge in [-0.3, -0.25) is 4.79 Å². The molecule has 112 valence electrons. The number of hydrogen-bond donors (Lipinski definition) is 1. The van der Waals surface area contributed by atoms with Gasteiger partial charge in [0, 0.05) is 16.3 Å². The normalized spacial score (nSPS) is 26.9. The molecule has 1 amide bonds. The highest BCUT2D eigenvalue weighted by Gasteiger charge is 2.48. The Morgan fingerprint density at radius 3 is 2.26 bits per heavy atom. The minimum Gasteiger partial charge on any atom is -0.350 e. The van der Waals surface area contributed by atoms with Gasteiger partial charge >= 0.3 is 6.18 Å². The molecule has 19 heavy (non-hydrogen) atoms. The highest BCUT2D eigenvalue weighted by atomic mass is 79.9. The molecular formula is C13H21BrF3NO. The van der Waals surface area contributed by atoms with Gasteiger partial charge in [0.1, 0.15) is 0 Å². The molecule has 3 atom stereocenters. The summed E-state index contributed by atoms with van der Waals surface area (Å²) < 4.78 is 38.9. The molecule has 1 aliphatic carbocycles. The van der Waals surface area contributed by atoms with Crippen molar-refractivity contribution < 1.29 is 18.0 Å². The van der Waals surface area contributed by atoms with Crippen molar-refractivity contribution in [2.45, 2.75) is 63.0 Å². The Labute approximate surface area is 120 Å². The van der Waals surface area contributed by atoms with Crippen LogP contribution in [0.1, 0.15) is 46.5 Å². The molecule has 0 aliphatic heterocycles. The van der Waals surface area contributed by atoms with Crippen molar-refractivity contribution in [3.63, 3.8) is 0 Å². The Balaban J connectivity index is 2.79. The quantitative estimate of drug-likeness (QED) is 0.770. The van der Waals surface area contributed by atoms with E-state index in [9.17, 15) is 18.0 Å². The van der Waals surface area contributed by atoms with E-state index in [1.165, 1.54) is 0 Å². The first-order valence-electron chi connectivity index (χ1n) is 6.58. The molecule has 0 aromatic carbocycles. The van der Waals surface area contributed by atoms with E-state index in [1.54, 1.807) is 13.8 Å². The maximum Gasteiger partial charge on any atom is 0.392 e. The van der Waals surface area contributed by atoms with E-state index in [-0.39, 0.29) is 11.2 Å². The number of carbonyl (C=O) groups is 1. The average molecular weight is 344 g/mol. The van der Waals surface area contributed by atoms with Gasteiger partial charge in [0.25, 0.3) is 0 Å². The molecule has 3 unspecified atom stereocenters. The van der Waals surface area contributed by atoms with Crippen LogP contribution in [-0.2, 0) is 4.79 Å². The third-order valence-corrected chi connectivity index (χ3v) is 5.11. The summed E-state index contributed by atoms with van der Waals surface area (Å²) >= 11 is 3.37. The average Bonchev–Trinajstić information content (AvgIpc) is 2.27. The van der Waals surface area contributed by atoms with Gasteiger partial charge in [-0.25, -0.2) is 0 Å². The van der Waals surface area contributed by atoms with Crippen LogP contribution in [0, 0.1) is 11.8 Å². The summed E-state index contributed by atoms with van der Waals surface area (Å²) in [7, 11) is 0. The molecule has 0 radical (unpaired) electrons. The molecule has 0 bridgehead atoms. The summed E-state index contributed by atoms with van der Waals surface area (Å²) in [5.41, 5.74) is -0.565. The van der Waals surface area contributed by atoms with Crippen molar-refractivity contribution in [3.05, 3.63) is 0 Å². The lowest BCUT2D eigenvalue weighted by Gasteiger charge is -2.36. The lowest BCUT2D eigenvalue weighted by atomic mass is 9.78. The van der Waals surface area contributed by atoms with Crippen LogP contribution in [0.4, 0.5) is 13.2 Å². The van der Waals surface area contributed by atoms with Crippen LogP contribution in [0.5, 0.6) is 0 Å². The van der Waals surface area contributed by atoms with Gasteiger partial charge in [0.05, 0.1) is 5.92 Å². The molecule has 0 heterocycles. The summed E-state index contributed by atoms with van der Waals surface area (Å²) in [4.78, 5) is 12.1. The number of hydrogen-bond acceptors (Lipinski definition) is 1. The van der Waals surface area contributed by atoms with Crippen LogP contribution < -0.4 is 5.32 Å². The van der Waals surface area contributed by atoms with E-state index in [0.717, 1.165) is 0 Å². The third-order valence-electron chi connectivity index (χ3n) is 3.96. The molecule has 1 aliphatic rings. The van der Waals surface area contributed by atoms with Gasteiger partial charge < -0.3 is 5.32 Å². The molecule has 0 aromatic heterocycles. The maximum absolute atomic E-state index is 13.0. The van der Waals surface area contributed by atoms with Gasteiger partial charge in [0.15, 0.2) is 0 Å². The standard InChI is InChI=1S/C13H21BrF3NO/c1-8(14)12(2,3)18-11(19)9-6-4-5-7-10(9)13(15,16)17/h8-10H,4-7H2,1-3H3,(H,18,19). The van der Waals surface area contributed by atoms with Crippen LogP contribution in [0.25, 0.3) is 0 Å². The zero-order valence-corrected chi connectivity index (χ0v) is 13.1. The lowest BCUT2D eigenvalue weighted by molar-refractivity contribution is -0.198. The maximum atomic E-state index is 13.0. The van der Waals surface area contributed by atoms with Crippen molar-refractivity contribution in [2.24, 2.45) is 11.8 Å². The van der Waals surface area contributed by atoms with Gasteiger partial charge in [-0.05, 0) is 26.7 Å². The summed E-state index contributed by atoms with van der Waals surface area (Å²) in [6.45, 7) is 5.47. The van der Waals surface area contributed by atoms with E-state index in [4.69, 9.17) is 0 Å². The van der Waals surface area contributed by atoms with Crippen molar-refractivity contribution >= 4 is 21.8 Å².